The van der Waals surface area contributed by atoms with Crippen LogP contribution in [-0.2, 0) is 14.4 Å². The third-order valence-corrected chi connectivity index (χ3v) is 3.94. The predicted molar refractivity (Wildman–Crippen MR) is 94.7 cm³/mol. The lowest BCUT2D eigenvalue weighted by Crippen LogP contribution is -2.25. The van der Waals surface area contributed by atoms with Gasteiger partial charge in [-0.3, -0.25) is 19.5 Å². The summed E-state index contributed by atoms with van der Waals surface area (Å²) in [6, 6.07) is 9.17. The summed E-state index contributed by atoms with van der Waals surface area (Å²) in [6.45, 7) is 7.97. The first-order chi connectivity index (χ1) is 11.6. The number of Topliss-reactive ketones (excluding diaryl/α,β-unsaturated/α-hetero) is 1. The Morgan fingerprint density at radius 1 is 1.33 bits per heavy atom. The maximum Gasteiger partial charge on any atom is 0.174 e. The van der Waals surface area contributed by atoms with E-state index in [-0.39, 0.29) is 11.6 Å². The quantitative estimate of drug-likeness (QED) is 0.544. The Balaban J connectivity index is 2.17. The molecule has 0 fully saturated rings. The number of hydroxylamine groups is 2. The van der Waals surface area contributed by atoms with Gasteiger partial charge in [0.2, 0.25) is 0 Å². The zero-order valence-corrected chi connectivity index (χ0v) is 13.8. The Labute approximate surface area is 142 Å². The maximum atomic E-state index is 12.8. The number of ketones is 2. The lowest BCUT2D eigenvalue weighted by molar-refractivity contribution is -0.126. The molecule has 0 radical (unpaired) electrons. The zero-order chi connectivity index (χ0) is 17.5. The van der Waals surface area contributed by atoms with Crippen molar-refractivity contribution in [2.75, 3.05) is 13.7 Å². The molecule has 2 rings (SSSR count). The van der Waals surface area contributed by atoms with Crippen molar-refractivity contribution in [2.24, 2.45) is 5.92 Å². The van der Waals surface area contributed by atoms with Gasteiger partial charge in [0.05, 0.1) is 19.6 Å². The van der Waals surface area contributed by atoms with Crippen LogP contribution < -0.4 is 0 Å². The molecule has 0 amide bonds. The van der Waals surface area contributed by atoms with Gasteiger partial charge in [0.15, 0.2) is 11.6 Å². The van der Waals surface area contributed by atoms with Crippen LogP contribution in [0.15, 0.2) is 73.5 Å². The average Bonchev–Trinajstić information content (AvgIpc) is 2.65. The van der Waals surface area contributed by atoms with Gasteiger partial charge < -0.3 is 0 Å². The molecule has 1 aliphatic rings. The molecule has 124 valence electrons. The van der Waals surface area contributed by atoms with E-state index < -0.39 is 5.92 Å². The number of rotatable bonds is 8. The fourth-order valence-corrected chi connectivity index (χ4v) is 2.49. The van der Waals surface area contributed by atoms with Crippen molar-refractivity contribution in [3.63, 3.8) is 0 Å². The summed E-state index contributed by atoms with van der Waals surface area (Å²) in [6.07, 6.45) is 7.08. The summed E-state index contributed by atoms with van der Waals surface area (Å²) in [5, 5.41) is 1.65. The van der Waals surface area contributed by atoms with Crippen LogP contribution in [0.3, 0.4) is 0 Å². The molecule has 0 N–H and O–H groups in total. The highest BCUT2D eigenvalue weighted by molar-refractivity contribution is 6.28. The topological polar surface area (TPSA) is 46.6 Å². The summed E-state index contributed by atoms with van der Waals surface area (Å²) >= 11 is 0. The van der Waals surface area contributed by atoms with E-state index in [1.165, 1.54) is 6.08 Å². The van der Waals surface area contributed by atoms with Crippen molar-refractivity contribution >= 4 is 17.1 Å². The number of allylic oxidation sites excluding steroid dienone is 4. The summed E-state index contributed by atoms with van der Waals surface area (Å²) in [5.41, 5.74) is 1.98. The van der Waals surface area contributed by atoms with Gasteiger partial charge in [-0.2, -0.15) is 0 Å². The Hall–Kier alpha value is -2.72. The van der Waals surface area contributed by atoms with Crippen LogP contribution in [0.25, 0.3) is 5.57 Å². The molecule has 0 saturated carbocycles. The molecule has 1 heterocycles. The summed E-state index contributed by atoms with van der Waals surface area (Å²) < 4.78 is 0. The summed E-state index contributed by atoms with van der Waals surface area (Å²) in [4.78, 5) is 30.1. The first-order valence-electron chi connectivity index (χ1n) is 7.69. The van der Waals surface area contributed by atoms with Crippen LogP contribution in [0, 0.1) is 5.92 Å². The monoisotopic (exact) mass is 323 g/mol. The Bertz CT molecular complexity index is 701. The Morgan fingerprint density at radius 3 is 2.58 bits per heavy atom. The minimum absolute atomic E-state index is 0.269. The molecule has 1 aromatic rings. The van der Waals surface area contributed by atoms with Crippen LogP contribution in [0.4, 0.5) is 0 Å². The summed E-state index contributed by atoms with van der Waals surface area (Å²) in [5.74, 6) is -1.37. The van der Waals surface area contributed by atoms with Crippen LogP contribution in [0.5, 0.6) is 0 Å². The van der Waals surface area contributed by atoms with Crippen LogP contribution in [0.2, 0.25) is 0 Å². The second-order valence-corrected chi connectivity index (χ2v) is 5.45. The molecular formula is C20H21NO3. The molecule has 0 spiro atoms. The molecule has 1 unspecified atom stereocenters. The molecule has 0 saturated heterocycles. The first kappa shape index (κ1) is 17.6. The van der Waals surface area contributed by atoms with Crippen LogP contribution in [-0.4, -0.2) is 30.3 Å². The molecule has 0 aromatic heterocycles. The zero-order valence-electron chi connectivity index (χ0n) is 13.8. The van der Waals surface area contributed by atoms with Crippen molar-refractivity contribution in [3.8, 4) is 0 Å². The molecule has 4 heteroatoms. The Morgan fingerprint density at radius 2 is 2.04 bits per heavy atom. The van der Waals surface area contributed by atoms with Crippen molar-refractivity contribution in [2.45, 2.75) is 6.42 Å². The fraction of sp³-hybridized carbons (Fsp3) is 0.200. The van der Waals surface area contributed by atoms with Crippen molar-refractivity contribution in [3.05, 3.63) is 79.1 Å². The average molecular weight is 323 g/mol. The van der Waals surface area contributed by atoms with E-state index in [9.17, 15) is 9.59 Å². The van der Waals surface area contributed by atoms with Gasteiger partial charge in [0, 0.05) is 11.8 Å². The molecule has 1 atom stereocenters. The largest absolute Gasteiger partial charge is 0.294 e. The van der Waals surface area contributed by atoms with E-state index in [1.807, 2.05) is 42.5 Å². The lowest BCUT2D eigenvalue weighted by atomic mass is 9.85. The number of hydrogen-bond acceptors (Lipinski definition) is 4. The van der Waals surface area contributed by atoms with E-state index >= 15 is 0 Å². The molecule has 24 heavy (non-hydrogen) atoms. The highest BCUT2D eigenvalue weighted by Crippen LogP contribution is 2.25. The number of carbonyl (C=O) groups is 2. The second-order valence-electron chi connectivity index (χ2n) is 5.45. The smallest absolute Gasteiger partial charge is 0.174 e. The number of hydrogen-bond donors (Lipinski definition) is 0. The van der Waals surface area contributed by atoms with Gasteiger partial charge in [-0.1, -0.05) is 49.6 Å². The minimum Gasteiger partial charge on any atom is -0.294 e. The van der Waals surface area contributed by atoms with Crippen LogP contribution in [0.1, 0.15) is 12.0 Å². The van der Waals surface area contributed by atoms with E-state index in [2.05, 4.69) is 13.2 Å². The first-order valence-corrected chi connectivity index (χ1v) is 7.69. The maximum absolute atomic E-state index is 12.8. The van der Waals surface area contributed by atoms with Crippen molar-refractivity contribution in [1.29, 1.82) is 0 Å². The van der Waals surface area contributed by atoms with Gasteiger partial charge >= 0.3 is 0 Å². The normalized spacial score (nSPS) is 14.7. The lowest BCUT2D eigenvalue weighted by Gasteiger charge is -2.21. The van der Waals surface area contributed by atoms with Gasteiger partial charge in [-0.05, 0) is 29.7 Å². The fourth-order valence-electron chi connectivity index (χ4n) is 2.49. The van der Waals surface area contributed by atoms with E-state index in [1.54, 1.807) is 18.4 Å². The molecule has 1 aromatic carbocycles. The van der Waals surface area contributed by atoms with Crippen molar-refractivity contribution < 1.29 is 14.4 Å². The second kappa shape index (κ2) is 8.22. The number of benzene rings is 1. The van der Waals surface area contributed by atoms with Gasteiger partial charge in [0.1, 0.15) is 0 Å². The SMILES string of the molecule is C=CC(=O)C(CC1=CCN(OC)C=C1)C(=O)C(=C)c1ccccc1. The van der Waals surface area contributed by atoms with Gasteiger partial charge in [-0.25, -0.2) is 0 Å². The molecule has 0 aliphatic carbocycles. The molecule has 0 bridgehead atoms. The Kier molecular flexibility index (Phi) is 6.04. The number of nitrogens with zero attached hydrogens (tertiary/aromatic N) is 1. The van der Waals surface area contributed by atoms with Gasteiger partial charge in [-0.15, -0.1) is 0 Å². The highest BCUT2D eigenvalue weighted by Gasteiger charge is 2.28. The van der Waals surface area contributed by atoms with Gasteiger partial charge in [0.25, 0.3) is 0 Å². The minimum atomic E-state index is -0.805. The van der Waals surface area contributed by atoms with E-state index in [0.717, 1.165) is 11.1 Å². The standard InChI is InChI=1S/C20H21NO3/c1-4-19(22)18(14-16-10-12-21(24-3)13-11-16)20(23)15(2)17-8-6-5-7-9-17/h4-12,18H,1-2,13-14H2,3H3. The molecule has 4 nitrogen and oxygen atoms in total. The van der Waals surface area contributed by atoms with Crippen LogP contribution >= 0.6 is 0 Å². The van der Waals surface area contributed by atoms with E-state index in [0.29, 0.717) is 18.5 Å². The molecular weight excluding hydrogens is 302 g/mol. The van der Waals surface area contributed by atoms with Crippen molar-refractivity contribution in [1.82, 2.24) is 5.06 Å². The predicted octanol–water partition coefficient (Wildman–Crippen LogP) is 3.35. The number of carbonyl (C=O) groups excluding carboxylic acids is 2. The highest BCUT2D eigenvalue weighted by atomic mass is 16.7. The summed E-state index contributed by atoms with van der Waals surface area (Å²) in [7, 11) is 1.58. The third-order valence-electron chi connectivity index (χ3n) is 3.94. The van der Waals surface area contributed by atoms with E-state index in [4.69, 9.17) is 4.84 Å². The molecule has 1 aliphatic heterocycles. The third kappa shape index (κ3) is 4.18.